The van der Waals surface area contributed by atoms with Crippen molar-refractivity contribution in [2.75, 3.05) is 0 Å². The second kappa shape index (κ2) is 6.86. The lowest BCUT2D eigenvalue weighted by molar-refractivity contribution is -0.172. The summed E-state index contributed by atoms with van der Waals surface area (Å²) in [4.78, 5) is 19.5. The molecular formula is C19H16F3N3O2. The highest BCUT2D eigenvalue weighted by atomic mass is 19.4. The van der Waals surface area contributed by atoms with Crippen LogP contribution >= 0.6 is 0 Å². The van der Waals surface area contributed by atoms with Crippen LogP contribution in [0.4, 0.5) is 18.0 Å². The van der Waals surface area contributed by atoms with E-state index >= 15 is 0 Å². The van der Waals surface area contributed by atoms with E-state index in [4.69, 9.17) is 5.11 Å². The number of amides is 1. The van der Waals surface area contributed by atoms with Crippen molar-refractivity contribution in [1.29, 1.82) is 0 Å². The van der Waals surface area contributed by atoms with E-state index in [1.165, 1.54) is 25.3 Å². The van der Waals surface area contributed by atoms with E-state index in [1.807, 2.05) is 0 Å². The number of alkyl halides is 3. The summed E-state index contributed by atoms with van der Waals surface area (Å²) in [5.74, 6) is 0. The van der Waals surface area contributed by atoms with Crippen molar-refractivity contribution in [3.63, 3.8) is 0 Å². The summed E-state index contributed by atoms with van der Waals surface area (Å²) < 4.78 is 42.5. The Morgan fingerprint density at radius 1 is 1.15 bits per heavy atom. The molecule has 27 heavy (non-hydrogen) atoms. The molecule has 0 saturated carbocycles. The number of nitrogens with one attached hydrogen (secondary N) is 1. The average molecular weight is 375 g/mol. The van der Waals surface area contributed by atoms with Crippen molar-refractivity contribution in [2.45, 2.75) is 25.1 Å². The van der Waals surface area contributed by atoms with Gasteiger partial charge in [-0.3, -0.25) is 4.98 Å². The molecule has 1 unspecified atom stereocenters. The number of halogens is 3. The standard InChI is InChI=1S/C19H16F3N3O2/c1-12-10-18(19(20,21)22,25-17(26)27)16(13-6-3-2-4-7-13)24-15(12)14-8-5-9-23-11-14/h2-9,11,25H,10H2,1H3,(H,26,27). The van der Waals surface area contributed by atoms with Gasteiger partial charge in [-0.25, -0.2) is 9.79 Å². The Morgan fingerprint density at radius 2 is 1.81 bits per heavy atom. The van der Waals surface area contributed by atoms with Crippen LogP contribution in [0.25, 0.3) is 5.70 Å². The zero-order valence-corrected chi connectivity index (χ0v) is 14.3. The number of hydrogen-bond donors (Lipinski definition) is 2. The van der Waals surface area contributed by atoms with E-state index in [0.717, 1.165) is 0 Å². The van der Waals surface area contributed by atoms with E-state index in [2.05, 4.69) is 9.98 Å². The first-order chi connectivity index (χ1) is 12.7. The van der Waals surface area contributed by atoms with Crippen LogP contribution in [0.1, 0.15) is 24.5 Å². The fraction of sp³-hybridized carbons (Fsp3) is 0.211. The molecule has 3 rings (SSSR count). The van der Waals surface area contributed by atoms with Crippen LogP contribution in [-0.2, 0) is 0 Å². The minimum atomic E-state index is -4.89. The molecule has 8 heteroatoms. The number of aliphatic imine (C=N–C) groups is 1. The Bertz CT molecular complexity index is 909. The fourth-order valence-electron chi connectivity index (χ4n) is 3.18. The molecule has 1 aromatic carbocycles. The monoisotopic (exact) mass is 375 g/mol. The molecule has 1 amide bonds. The largest absolute Gasteiger partial charge is 0.465 e. The summed E-state index contributed by atoms with van der Waals surface area (Å²) in [5, 5.41) is 10.8. The molecule has 5 nitrogen and oxygen atoms in total. The maximum atomic E-state index is 14.2. The molecule has 2 heterocycles. The van der Waals surface area contributed by atoms with Crippen molar-refractivity contribution in [1.82, 2.24) is 10.3 Å². The van der Waals surface area contributed by atoms with E-state index in [-0.39, 0.29) is 11.3 Å². The normalized spacial score (nSPS) is 20.2. The Labute approximate surface area is 153 Å². The highest BCUT2D eigenvalue weighted by Gasteiger charge is 2.61. The van der Waals surface area contributed by atoms with Gasteiger partial charge in [0.05, 0.1) is 11.4 Å². The molecule has 0 aliphatic carbocycles. The van der Waals surface area contributed by atoms with Gasteiger partial charge in [0.1, 0.15) is 0 Å². The minimum absolute atomic E-state index is 0.192. The first-order valence-corrected chi connectivity index (χ1v) is 8.07. The van der Waals surface area contributed by atoms with Crippen LogP contribution in [0.3, 0.4) is 0 Å². The second-order valence-electron chi connectivity index (χ2n) is 6.21. The van der Waals surface area contributed by atoms with Crippen LogP contribution in [0.5, 0.6) is 0 Å². The Kier molecular flexibility index (Phi) is 4.73. The predicted octanol–water partition coefficient (Wildman–Crippen LogP) is 4.27. The molecule has 1 aliphatic heterocycles. The lowest BCUT2D eigenvalue weighted by atomic mass is 9.79. The first kappa shape index (κ1) is 18.6. The average Bonchev–Trinajstić information content (AvgIpc) is 2.62. The van der Waals surface area contributed by atoms with Crippen LogP contribution in [-0.4, -0.2) is 33.6 Å². The van der Waals surface area contributed by atoms with Crippen LogP contribution < -0.4 is 5.32 Å². The summed E-state index contributed by atoms with van der Waals surface area (Å²) in [6.07, 6.45) is -4.18. The number of hydrogen-bond acceptors (Lipinski definition) is 3. The van der Waals surface area contributed by atoms with Gasteiger partial charge in [0, 0.05) is 24.4 Å². The Morgan fingerprint density at radius 3 is 2.37 bits per heavy atom. The quantitative estimate of drug-likeness (QED) is 0.841. The summed E-state index contributed by atoms with van der Waals surface area (Å²) >= 11 is 0. The van der Waals surface area contributed by atoms with Crippen molar-refractivity contribution in [3.05, 3.63) is 71.6 Å². The first-order valence-electron chi connectivity index (χ1n) is 8.07. The zero-order valence-electron chi connectivity index (χ0n) is 14.3. The molecule has 1 aliphatic rings. The number of rotatable bonds is 3. The topological polar surface area (TPSA) is 74.6 Å². The smallest absolute Gasteiger partial charge is 0.417 e. The van der Waals surface area contributed by atoms with Gasteiger partial charge in [0.2, 0.25) is 0 Å². The lowest BCUT2D eigenvalue weighted by Crippen LogP contribution is -2.64. The van der Waals surface area contributed by atoms with Crippen LogP contribution in [0.15, 0.2) is 65.4 Å². The van der Waals surface area contributed by atoms with Crippen molar-refractivity contribution < 1.29 is 23.1 Å². The second-order valence-corrected chi connectivity index (χ2v) is 6.21. The third-order valence-corrected chi connectivity index (χ3v) is 4.35. The molecule has 2 N–H and O–H groups in total. The maximum absolute atomic E-state index is 14.2. The SMILES string of the molecule is CC1=C(c2cccnc2)N=C(c2ccccc2)C(NC(=O)O)(C(F)(F)F)C1. The minimum Gasteiger partial charge on any atom is -0.465 e. The van der Waals surface area contributed by atoms with Gasteiger partial charge in [-0.2, -0.15) is 13.2 Å². The molecule has 0 spiro atoms. The van der Waals surface area contributed by atoms with Gasteiger partial charge < -0.3 is 10.4 Å². The van der Waals surface area contributed by atoms with Crippen molar-refractivity contribution >= 4 is 17.5 Å². The summed E-state index contributed by atoms with van der Waals surface area (Å²) in [5.41, 5.74) is -1.80. The van der Waals surface area contributed by atoms with Gasteiger partial charge in [0.25, 0.3) is 0 Å². The zero-order chi connectivity index (χ0) is 19.7. The maximum Gasteiger partial charge on any atom is 0.417 e. The highest BCUT2D eigenvalue weighted by Crippen LogP contribution is 2.43. The van der Waals surface area contributed by atoms with Crippen molar-refractivity contribution in [3.8, 4) is 0 Å². The van der Waals surface area contributed by atoms with Crippen LogP contribution in [0.2, 0.25) is 0 Å². The van der Waals surface area contributed by atoms with E-state index in [1.54, 1.807) is 41.8 Å². The third kappa shape index (κ3) is 3.42. The van der Waals surface area contributed by atoms with Gasteiger partial charge >= 0.3 is 12.3 Å². The Hall–Kier alpha value is -3.16. The van der Waals surface area contributed by atoms with Crippen LogP contribution in [0, 0.1) is 0 Å². The molecule has 0 bridgehead atoms. The van der Waals surface area contributed by atoms with E-state index in [9.17, 15) is 18.0 Å². The van der Waals surface area contributed by atoms with Gasteiger partial charge in [-0.05, 0) is 30.2 Å². The molecule has 1 atom stereocenters. The van der Waals surface area contributed by atoms with Gasteiger partial charge in [-0.15, -0.1) is 0 Å². The Balaban J connectivity index is 2.26. The summed E-state index contributed by atoms with van der Waals surface area (Å²) in [7, 11) is 0. The number of benzene rings is 1. The molecule has 2 aromatic rings. The number of nitrogens with zero attached hydrogens (tertiary/aromatic N) is 2. The number of aromatic nitrogens is 1. The molecule has 0 fully saturated rings. The van der Waals surface area contributed by atoms with E-state index < -0.39 is 24.2 Å². The number of carboxylic acid groups (broad SMARTS) is 1. The fourth-order valence-corrected chi connectivity index (χ4v) is 3.18. The summed E-state index contributed by atoms with van der Waals surface area (Å²) in [6, 6.07) is 11.1. The van der Waals surface area contributed by atoms with Gasteiger partial charge in [0.15, 0.2) is 5.54 Å². The molecule has 0 saturated heterocycles. The molecule has 1 aromatic heterocycles. The number of carbonyl (C=O) groups is 1. The highest BCUT2D eigenvalue weighted by molar-refractivity contribution is 6.12. The molecular weight excluding hydrogens is 359 g/mol. The molecule has 140 valence electrons. The van der Waals surface area contributed by atoms with E-state index in [0.29, 0.717) is 16.8 Å². The predicted molar refractivity (Wildman–Crippen MR) is 94.4 cm³/mol. The number of pyridine rings is 1. The lowest BCUT2D eigenvalue weighted by Gasteiger charge is -2.40. The molecule has 0 radical (unpaired) electrons. The third-order valence-electron chi connectivity index (χ3n) is 4.35. The summed E-state index contributed by atoms with van der Waals surface area (Å²) in [6.45, 7) is 1.51. The van der Waals surface area contributed by atoms with Gasteiger partial charge in [-0.1, -0.05) is 30.3 Å². The van der Waals surface area contributed by atoms with Crippen molar-refractivity contribution in [2.24, 2.45) is 4.99 Å².